The Hall–Kier alpha value is -1.84. The van der Waals surface area contributed by atoms with Gasteiger partial charge in [-0.2, -0.15) is 0 Å². The maximum absolute atomic E-state index is 12.3. The standard InChI is InChI=1S/C15H20N2O2/c1-3-4-5-7-10(2)17-14(18)11-8-6-9-12(16)13(11)15(17)19/h6,8-10H,3-5,7,16H2,1-2H3. The van der Waals surface area contributed by atoms with Gasteiger partial charge in [0, 0.05) is 11.7 Å². The van der Waals surface area contributed by atoms with Crippen LogP contribution in [0.15, 0.2) is 18.2 Å². The molecule has 102 valence electrons. The Morgan fingerprint density at radius 1 is 1.21 bits per heavy atom. The summed E-state index contributed by atoms with van der Waals surface area (Å²) in [4.78, 5) is 26.0. The fraction of sp³-hybridized carbons (Fsp3) is 0.467. The number of carbonyl (C=O) groups excluding carboxylic acids is 2. The molecule has 4 nitrogen and oxygen atoms in total. The van der Waals surface area contributed by atoms with E-state index in [-0.39, 0.29) is 17.9 Å². The van der Waals surface area contributed by atoms with Crippen LogP contribution in [0.25, 0.3) is 0 Å². The van der Waals surface area contributed by atoms with Crippen LogP contribution in [0.3, 0.4) is 0 Å². The number of amides is 2. The second-order valence-corrected chi connectivity index (χ2v) is 5.09. The maximum atomic E-state index is 12.3. The van der Waals surface area contributed by atoms with Crippen LogP contribution in [0.4, 0.5) is 5.69 Å². The highest BCUT2D eigenvalue weighted by Gasteiger charge is 2.39. The number of unbranched alkanes of at least 4 members (excludes halogenated alkanes) is 2. The molecule has 4 heteroatoms. The summed E-state index contributed by atoms with van der Waals surface area (Å²) in [5.74, 6) is -0.460. The number of hydrogen-bond donors (Lipinski definition) is 1. The van der Waals surface area contributed by atoms with E-state index in [2.05, 4.69) is 6.92 Å². The number of hydrogen-bond acceptors (Lipinski definition) is 3. The van der Waals surface area contributed by atoms with E-state index in [0.29, 0.717) is 16.8 Å². The topological polar surface area (TPSA) is 63.4 Å². The van der Waals surface area contributed by atoms with Gasteiger partial charge in [-0.15, -0.1) is 0 Å². The minimum atomic E-state index is -0.248. The lowest BCUT2D eigenvalue weighted by Crippen LogP contribution is -2.38. The number of nitrogens with two attached hydrogens (primary N) is 1. The van der Waals surface area contributed by atoms with Gasteiger partial charge < -0.3 is 5.73 Å². The van der Waals surface area contributed by atoms with Gasteiger partial charge in [0.15, 0.2) is 0 Å². The first kappa shape index (κ1) is 13.6. The molecule has 1 aromatic carbocycles. The lowest BCUT2D eigenvalue weighted by Gasteiger charge is -2.22. The third kappa shape index (κ3) is 2.35. The van der Waals surface area contributed by atoms with Crippen LogP contribution >= 0.6 is 0 Å². The molecule has 1 aliphatic rings. The number of nitrogen functional groups attached to an aromatic ring is 1. The Morgan fingerprint density at radius 2 is 1.95 bits per heavy atom. The van der Waals surface area contributed by atoms with Gasteiger partial charge in [0.1, 0.15) is 0 Å². The quantitative estimate of drug-likeness (QED) is 0.503. The van der Waals surface area contributed by atoms with Crippen molar-refractivity contribution in [3.8, 4) is 0 Å². The Balaban J connectivity index is 2.20. The number of benzene rings is 1. The van der Waals surface area contributed by atoms with E-state index < -0.39 is 0 Å². The summed E-state index contributed by atoms with van der Waals surface area (Å²) in [6.07, 6.45) is 4.12. The first-order chi connectivity index (χ1) is 9.07. The van der Waals surface area contributed by atoms with E-state index in [9.17, 15) is 9.59 Å². The highest BCUT2D eigenvalue weighted by molar-refractivity contribution is 6.23. The van der Waals surface area contributed by atoms with Crippen molar-refractivity contribution in [3.63, 3.8) is 0 Å². The molecule has 1 aromatic rings. The largest absolute Gasteiger partial charge is 0.398 e. The Bertz CT molecular complexity index is 511. The van der Waals surface area contributed by atoms with Crippen LogP contribution in [-0.2, 0) is 0 Å². The minimum Gasteiger partial charge on any atom is -0.398 e. The van der Waals surface area contributed by atoms with E-state index in [0.717, 1.165) is 25.7 Å². The van der Waals surface area contributed by atoms with Crippen molar-refractivity contribution >= 4 is 17.5 Å². The molecule has 0 spiro atoms. The zero-order valence-corrected chi connectivity index (χ0v) is 11.5. The summed E-state index contributed by atoms with van der Waals surface area (Å²) in [5, 5.41) is 0. The molecule has 2 N–H and O–H groups in total. The van der Waals surface area contributed by atoms with Crippen molar-refractivity contribution in [3.05, 3.63) is 29.3 Å². The normalized spacial score (nSPS) is 15.8. The number of rotatable bonds is 5. The minimum absolute atomic E-state index is 0.0710. The van der Waals surface area contributed by atoms with E-state index in [1.165, 1.54) is 4.90 Å². The maximum Gasteiger partial charge on any atom is 0.263 e. The number of carbonyl (C=O) groups is 2. The van der Waals surface area contributed by atoms with Crippen molar-refractivity contribution in [2.24, 2.45) is 0 Å². The van der Waals surface area contributed by atoms with Crippen LogP contribution in [-0.4, -0.2) is 22.8 Å². The average Bonchev–Trinajstić information content (AvgIpc) is 2.63. The molecule has 0 radical (unpaired) electrons. The van der Waals surface area contributed by atoms with E-state index in [1.807, 2.05) is 6.92 Å². The lowest BCUT2D eigenvalue weighted by atomic mass is 10.1. The van der Waals surface area contributed by atoms with Crippen molar-refractivity contribution < 1.29 is 9.59 Å². The zero-order chi connectivity index (χ0) is 14.0. The van der Waals surface area contributed by atoms with Crippen molar-refractivity contribution in [2.75, 3.05) is 5.73 Å². The first-order valence-corrected chi connectivity index (χ1v) is 6.84. The molecule has 0 aliphatic carbocycles. The summed E-state index contributed by atoms with van der Waals surface area (Å²) in [7, 11) is 0. The summed E-state index contributed by atoms with van der Waals surface area (Å²) >= 11 is 0. The molecule has 2 rings (SSSR count). The number of nitrogens with zero attached hydrogens (tertiary/aromatic N) is 1. The summed E-state index contributed by atoms with van der Waals surface area (Å²) in [5.41, 5.74) is 7.00. The highest BCUT2D eigenvalue weighted by Crippen LogP contribution is 2.29. The number of fused-ring (bicyclic) bond motifs is 1. The van der Waals surface area contributed by atoms with Gasteiger partial charge in [-0.05, 0) is 25.5 Å². The van der Waals surface area contributed by atoms with E-state index in [1.54, 1.807) is 18.2 Å². The second kappa shape index (κ2) is 5.43. The van der Waals surface area contributed by atoms with Gasteiger partial charge in [0.05, 0.1) is 11.1 Å². The molecule has 1 aliphatic heterocycles. The van der Waals surface area contributed by atoms with Gasteiger partial charge in [0.25, 0.3) is 11.8 Å². The van der Waals surface area contributed by atoms with Crippen LogP contribution in [0, 0.1) is 0 Å². The molecule has 0 saturated carbocycles. The first-order valence-electron chi connectivity index (χ1n) is 6.84. The molecule has 19 heavy (non-hydrogen) atoms. The van der Waals surface area contributed by atoms with Gasteiger partial charge >= 0.3 is 0 Å². The molecule has 1 atom stereocenters. The van der Waals surface area contributed by atoms with Gasteiger partial charge in [-0.1, -0.05) is 32.3 Å². The third-order valence-electron chi connectivity index (χ3n) is 3.64. The predicted molar refractivity (Wildman–Crippen MR) is 75.0 cm³/mol. The van der Waals surface area contributed by atoms with Crippen molar-refractivity contribution in [1.82, 2.24) is 4.90 Å². The summed E-state index contributed by atoms with van der Waals surface area (Å²) in [6, 6.07) is 4.98. The molecule has 0 saturated heterocycles. The molecule has 0 bridgehead atoms. The molecule has 0 fully saturated rings. The van der Waals surface area contributed by atoms with Crippen molar-refractivity contribution in [2.45, 2.75) is 45.6 Å². The number of imide groups is 1. The van der Waals surface area contributed by atoms with Crippen LogP contribution in [0.1, 0.15) is 60.2 Å². The molecular weight excluding hydrogens is 240 g/mol. The highest BCUT2D eigenvalue weighted by atomic mass is 16.2. The van der Waals surface area contributed by atoms with Gasteiger partial charge in [-0.3, -0.25) is 14.5 Å². The van der Waals surface area contributed by atoms with Crippen molar-refractivity contribution in [1.29, 1.82) is 0 Å². The van der Waals surface area contributed by atoms with Crippen LogP contribution in [0.2, 0.25) is 0 Å². The third-order valence-corrected chi connectivity index (χ3v) is 3.64. The zero-order valence-electron chi connectivity index (χ0n) is 11.5. The molecular formula is C15H20N2O2. The Morgan fingerprint density at radius 3 is 2.58 bits per heavy atom. The monoisotopic (exact) mass is 260 g/mol. The van der Waals surface area contributed by atoms with E-state index >= 15 is 0 Å². The average molecular weight is 260 g/mol. The Labute approximate surface area is 113 Å². The van der Waals surface area contributed by atoms with Crippen LogP contribution in [0.5, 0.6) is 0 Å². The second-order valence-electron chi connectivity index (χ2n) is 5.09. The molecule has 1 unspecified atom stereocenters. The summed E-state index contributed by atoms with van der Waals surface area (Å²) < 4.78 is 0. The van der Waals surface area contributed by atoms with Gasteiger partial charge in [-0.25, -0.2) is 0 Å². The fourth-order valence-electron chi connectivity index (χ4n) is 2.55. The number of anilines is 1. The van der Waals surface area contributed by atoms with Gasteiger partial charge in [0.2, 0.25) is 0 Å². The predicted octanol–water partition coefficient (Wildman–Crippen LogP) is 2.83. The fourth-order valence-corrected chi connectivity index (χ4v) is 2.55. The molecule has 0 aromatic heterocycles. The molecule has 1 heterocycles. The lowest BCUT2D eigenvalue weighted by molar-refractivity contribution is 0.0588. The van der Waals surface area contributed by atoms with Crippen LogP contribution < -0.4 is 5.73 Å². The van der Waals surface area contributed by atoms with E-state index in [4.69, 9.17) is 5.73 Å². The smallest absolute Gasteiger partial charge is 0.263 e. The summed E-state index contributed by atoms with van der Waals surface area (Å²) in [6.45, 7) is 4.06. The SMILES string of the molecule is CCCCCC(C)N1C(=O)c2cccc(N)c2C1=O. The Kier molecular flexibility index (Phi) is 3.88. The molecule has 2 amide bonds.